The van der Waals surface area contributed by atoms with E-state index in [0.717, 1.165) is 24.5 Å². The largest absolute Gasteiger partial charge is 0.491 e. The molecule has 1 aliphatic rings. The van der Waals surface area contributed by atoms with Gasteiger partial charge in [-0.05, 0) is 25.6 Å². The molecule has 1 atom stereocenters. The summed E-state index contributed by atoms with van der Waals surface area (Å²) in [5, 5.41) is 3.22. The molecule has 100 valence electrons. The molecule has 0 aliphatic carbocycles. The first-order valence-electron chi connectivity index (χ1n) is 6.49. The number of hydrogen-bond donors (Lipinski definition) is 1. The predicted molar refractivity (Wildman–Crippen MR) is 70.3 cm³/mol. The molecule has 0 amide bonds. The minimum absolute atomic E-state index is 0.293. The predicted octanol–water partition coefficient (Wildman–Crippen LogP) is 2.14. The van der Waals surface area contributed by atoms with Gasteiger partial charge in [-0.2, -0.15) is 0 Å². The normalized spacial score (nSPS) is 17.3. The number of rotatable bonds is 7. The van der Waals surface area contributed by atoms with Gasteiger partial charge in [0.05, 0.1) is 12.6 Å². The standard InChI is InChI=1S/C14H21NO3/c1-3-6-16-7-8-17-11-4-5-12-13(15-2)10-18-14(12)9-11/h4-5,9,13,15H,3,6-8,10H2,1-2H3. The Kier molecular flexibility index (Phi) is 4.84. The quantitative estimate of drug-likeness (QED) is 0.754. The van der Waals surface area contributed by atoms with Crippen LogP contribution in [-0.4, -0.2) is 33.5 Å². The monoisotopic (exact) mass is 251 g/mol. The van der Waals surface area contributed by atoms with Crippen LogP contribution in [-0.2, 0) is 4.74 Å². The van der Waals surface area contributed by atoms with Crippen molar-refractivity contribution >= 4 is 0 Å². The van der Waals surface area contributed by atoms with E-state index in [1.807, 2.05) is 19.2 Å². The van der Waals surface area contributed by atoms with E-state index < -0.39 is 0 Å². The molecule has 2 rings (SSSR count). The molecule has 0 saturated heterocycles. The maximum Gasteiger partial charge on any atom is 0.127 e. The molecule has 4 heteroatoms. The highest BCUT2D eigenvalue weighted by Crippen LogP contribution is 2.34. The number of likely N-dealkylation sites (N-methyl/N-ethyl adjacent to an activating group) is 1. The number of hydrogen-bond acceptors (Lipinski definition) is 4. The van der Waals surface area contributed by atoms with Crippen molar-refractivity contribution in [1.29, 1.82) is 0 Å². The lowest BCUT2D eigenvalue weighted by Crippen LogP contribution is -2.17. The highest BCUT2D eigenvalue weighted by molar-refractivity contribution is 5.44. The van der Waals surface area contributed by atoms with Crippen LogP contribution < -0.4 is 14.8 Å². The van der Waals surface area contributed by atoms with Gasteiger partial charge in [0.1, 0.15) is 24.7 Å². The SMILES string of the molecule is CCCOCCOc1ccc2c(c1)OCC2NC. The molecule has 4 nitrogen and oxygen atoms in total. The molecule has 1 aromatic carbocycles. The molecule has 0 aromatic heterocycles. The molecule has 0 bridgehead atoms. The van der Waals surface area contributed by atoms with E-state index >= 15 is 0 Å². The maximum absolute atomic E-state index is 5.62. The molecule has 1 aliphatic heterocycles. The van der Waals surface area contributed by atoms with Crippen LogP contribution in [0.25, 0.3) is 0 Å². The van der Waals surface area contributed by atoms with Crippen molar-refractivity contribution in [2.75, 3.05) is 33.5 Å². The smallest absolute Gasteiger partial charge is 0.127 e. The highest BCUT2D eigenvalue weighted by atomic mass is 16.5. The number of benzene rings is 1. The van der Waals surface area contributed by atoms with Crippen molar-refractivity contribution in [3.63, 3.8) is 0 Å². The minimum Gasteiger partial charge on any atom is -0.491 e. The van der Waals surface area contributed by atoms with Gasteiger partial charge in [-0.15, -0.1) is 0 Å². The van der Waals surface area contributed by atoms with E-state index in [-0.39, 0.29) is 0 Å². The lowest BCUT2D eigenvalue weighted by molar-refractivity contribution is 0.101. The number of fused-ring (bicyclic) bond motifs is 1. The van der Waals surface area contributed by atoms with Crippen LogP contribution in [0.4, 0.5) is 0 Å². The van der Waals surface area contributed by atoms with Crippen molar-refractivity contribution < 1.29 is 14.2 Å². The van der Waals surface area contributed by atoms with Crippen LogP contribution >= 0.6 is 0 Å². The van der Waals surface area contributed by atoms with Crippen molar-refractivity contribution in [3.05, 3.63) is 23.8 Å². The van der Waals surface area contributed by atoms with Crippen LogP contribution in [0.5, 0.6) is 11.5 Å². The number of nitrogens with one attached hydrogen (secondary N) is 1. The Morgan fingerprint density at radius 1 is 1.33 bits per heavy atom. The second kappa shape index (κ2) is 6.61. The van der Waals surface area contributed by atoms with E-state index in [9.17, 15) is 0 Å². The minimum atomic E-state index is 0.293. The van der Waals surface area contributed by atoms with Crippen molar-refractivity contribution in [3.8, 4) is 11.5 Å². The molecule has 1 N–H and O–H groups in total. The summed E-state index contributed by atoms with van der Waals surface area (Å²) in [6, 6.07) is 6.29. The Bertz CT molecular complexity index is 381. The van der Waals surface area contributed by atoms with Crippen LogP contribution in [0.3, 0.4) is 0 Å². The third-order valence-corrected chi connectivity index (χ3v) is 2.96. The first kappa shape index (κ1) is 13.2. The Balaban J connectivity index is 1.84. The maximum atomic E-state index is 5.62. The lowest BCUT2D eigenvalue weighted by atomic mass is 10.1. The molecule has 0 fully saturated rings. The van der Waals surface area contributed by atoms with Crippen molar-refractivity contribution in [2.45, 2.75) is 19.4 Å². The van der Waals surface area contributed by atoms with Gasteiger partial charge < -0.3 is 19.5 Å². The molecule has 0 saturated carbocycles. The molecule has 1 heterocycles. The fourth-order valence-electron chi connectivity index (χ4n) is 1.98. The molecule has 0 spiro atoms. The Hall–Kier alpha value is -1.26. The lowest BCUT2D eigenvalue weighted by Gasteiger charge is -2.09. The summed E-state index contributed by atoms with van der Waals surface area (Å²) >= 11 is 0. The molecular formula is C14H21NO3. The van der Waals surface area contributed by atoms with Gasteiger partial charge in [-0.3, -0.25) is 0 Å². The average molecular weight is 251 g/mol. The van der Waals surface area contributed by atoms with Crippen molar-refractivity contribution in [2.24, 2.45) is 0 Å². The third-order valence-electron chi connectivity index (χ3n) is 2.96. The van der Waals surface area contributed by atoms with E-state index in [1.54, 1.807) is 0 Å². The zero-order valence-electron chi connectivity index (χ0n) is 11.1. The Morgan fingerprint density at radius 3 is 3.00 bits per heavy atom. The topological polar surface area (TPSA) is 39.7 Å². The molecule has 18 heavy (non-hydrogen) atoms. The second-order valence-electron chi connectivity index (χ2n) is 4.31. The zero-order chi connectivity index (χ0) is 12.8. The Morgan fingerprint density at radius 2 is 2.22 bits per heavy atom. The van der Waals surface area contributed by atoms with Crippen LogP contribution in [0.2, 0.25) is 0 Å². The van der Waals surface area contributed by atoms with Gasteiger partial charge in [0.2, 0.25) is 0 Å². The molecule has 1 unspecified atom stereocenters. The first-order chi connectivity index (χ1) is 8.85. The highest BCUT2D eigenvalue weighted by Gasteiger charge is 2.22. The summed E-state index contributed by atoms with van der Waals surface area (Å²) in [6.45, 7) is 4.78. The first-order valence-corrected chi connectivity index (χ1v) is 6.49. The summed E-state index contributed by atoms with van der Waals surface area (Å²) < 4.78 is 16.6. The van der Waals surface area contributed by atoms with E-state index in [4.69, 9.17) is 14.2 Å². The third kappa shape index (κ3) is 3.15. The van der Waals surface area contributed by atoms with Gasteiger partial charge in [0.25, 0.3) is 0 Å². The summed E-state index contributed by atoms with van der Waals surface area (Å²) in [4.78, 5) is 0. The fourth-order valence-corrected chi connectivity index (χ4v) is 1.98. The van der Waals surface area contributed by atoms with Gasteiger partial charge >= 0.3 is 0 Å². The van der Waals surface area contributed by atoms with Crippen LogP contribution in [0.1, 0.15) is 24.9 Å². The van der Waals surface area contributed by atoms with Crippen LogP contribution in [0, 0.1) is 0 Å². The van der Waals surface area contributed by atoms with E-state index in [2.05, 4.69) is 18.3 Å². The summed E-state index contributed by atoms with van der Waals surface area (Å²) in [7, 11) is 1.94. The van der Waals surface area contributed by atoms with Gasteiger partial charge in [-0.1, -0.05) is 6.92 Å². The molecule has 0 radical (unpaired) electrons. The summed E-state index contributed by atoms with van der Waals surface area (Å²) in [6.07, 6.45) is 1.04. The van der Waals surface area contributed by atoms with Gasteiger partial charge in [-0.25, -0.2) is 0 Å². The molecule has 1 aromatic rings. The molecular weight excluding hydrogens is 230 g/mol. The van der Waals surface area contributed by atoms with Gasteiger partial charge in [0, 0.05) is 18.2 Å². The summed E-state index contributed by atoms with van der Waals surface area (Å²) in [5.74, 6) is 1.76. The zero-order valence-corrected chi connectivity index (χ0v) is 11.1. The summed E-state index contributed by atoms with van der Waals surface area (Å²) in [5.41, 5.74) is 1.20. The van der Waals surface area contributed by atoms with Gasteiger partial charge in [0.15, 0.2) is 0 Å². The van der Waals surface area contributed by atoms with E-state index in [1.165, 1.54) is 5.56 Å². The Labute approximate surface area is 108 Å². The average Bonchev–Trinajstić information content (AvgIpc) is 2.80. The van der Waals surface area contributed by atoms with Crippen molar-refractivity contribution in [1.82, 2.24) is 5.32 Å². The van der Waals surface area contributed by atoms with Crippen LogP contribution in [0.15, 0.2) is 18.2 Å². The number of ether oxygens (including phenoxy) is 3. The second-order valence-corrected chi connectivity index (χ2v) is 4.31. The van der Waals surface area contributed by atoms with E-state index in [0.29, 0.717) is 25.9 Å². The fraction of sp³-hybridized carbons (Fsp3) is 0.571.